The fraction of sp³-hybridized carbons (Fsp3) is 0.364. The highest BCUT2D eigenvalue weighted by molar-refractivity contribution is 9.10. The molecule has 0 saturated heterocycles. The lowest BCUT2D eigenvalue weighted by molar-refractivity contribution is -0.141. The van der Waals surface area contributed by atoms with Gasteiger partial charge >= 0.3 is 5.97 Å². The number of rotatable bonds is 4. The summed E-state index contributed by atoms with van der Waals surface area (Å²) in [6.07, 6.45) is -0.890. The summed E-state index contributed by atoms with van der Waals surface area (Å²) in [5.74, 6) is -0.377. The molecule has 0 radical (unpaired) electrons. The maximum absolute atomic E-state index is 13.5. The van der Waals surface area contributed by atoms with Crippen LogP contribution in [0.4, 0.5) is 4.39 Å². The van der Waals surface area contributed by atoms with Crippen LogP contribution in [0.2, 0.25) is 0 Å². The van der Waals surface area contributed by atoms with E-state index < -0.39 is 6.17 Å². The molecule has 4 heteroatoms. The maximum Gasteiger partial charge on any atom is 0.302 e. The Morgan fingerprint density at radius 1 is 1.47 bits per heavy atom. The minimum Gasteiger partial charge on any atom is -0.466 e. The van der Waals surface area contributed by atoms with E-state index in [0.29, 0.717) is 5.56 Å². The van der Waals surface area contributed by atoms with E-state index in [9.17, 15) is 9.18 Å². The van der Waals surface area contributed by atoms with Crippen molar-refractivity contribution in [1.29, 1.82) is 0 Å². The first-order chi connectivity index (χ1) is 7.09. The van der Waals surface area contributed by atoms with Crippen molar-refractivity contribution >= 4 is 21.9 Å². The van der Waals surface area contributed by atoms with Crippen LogP contribution in [0, 0.1) is 0 Å². The average molecular weight is 275 g/mol. The van der Waals surface area contributed by atoms with Crippen LogP contribution in [0.15, 0.2) is 28.7 Å². The van der Waals surface area contributed by atoms with Gasteiger partial charge in [0.2, 0.25) is 0 Å². The fourth-order valence-corrected chi connectivity index (χ4v) is 1.41. The number of carbonyl (C=O) groups excluding carboxylic acids is 1. The van der Waals surface area contributed by atoms with Crippen LogP contribution in [0.25, 0.3) is 0 Å². The van der Waals surface area contributed by atoms with Gasteiger partial charge in [-0.1, -0.05) is 28.1 Å². The first kappa shape index (κ1) is 12.2. The maximum atomic E-state index is 13.5. The van der Waals surface area contributed by atoms with E-state index in [-0.39, 0.29) is 19.0 Å². The van der Waals surface area contributed by atoms with Gasteiger partial charge in [0.1, 0.15) is 6.17 Å². The van der Waals surface area contributed by atoms with Crippen molar-refractivity contribution in [1.82, 2.24) is 0 Å². The highest BCUT2D eigenvalue weighted by Gasteiger charge is 2.09. The highest BCUT2D eigenvalue weighted by atomic mass is 79.9. The predicted octanol–water partition coefficient (Wildman–Crippen LogP) is 3.41. The van der Waals surface area contributed by atoms with E-state index >= 15 is 0 Å². The molecule has 2 nitrogen and oxygen atoms in total. The number of hydrogen-bond donors (Lipinski definition) is 0. The van der Waals surface area contributed by atoms with Gasteiger partial charge in [-0.15, -0.1) is 0 Å². The molecule has 0 aliphatic carbocycles. The molecule has 0 saturated carbocycles. The topological polar surface area (TPSA) is 26.3 Å². The Morgan fingerprint density at radius 3 is 2.60 bits per heavy atom. The van der Waals surface area contributed by atoms with Gasteiger partial charge in [-0.05, 0) is 17.7 Å². The largest absolute Gasteiger partial charge is 0.466 e. The van der Waals surface area contributed by atoms with E-state index in [4.69, 9.17) is 0 Å². The summed E-state index contributed by atoms with van der Waals surface area (Å²) in [4.78, 5) is 10.5. The van der Waals surface area contributed by atoms with Crippen molar-refractivity contribution < 1.29 is 13.9 Å². The average Bonchev–Trinajstić information content (AvgIpc) is 2.18. The van der Waals surface area contributed by atoms with Crippen LogP contribution >= 0.6 is 15.9 Å². The van der Waals surface area contributed by atoms with E-state index in [1.807, 2.05) is 0 Å². The number of esters is 1. The third kappa shape index (κ3) is 4.42. The van der Waals surface area contributed by atoms with Gasteiger partial charge in [0.15, 0.2) is 0 Å². The summed E-state index contributed by atoms with van der Waals surface area (Å²) in [7, 11) is 0. The Labute approximate surface area is 96.6 Å². The molecule has 1 atom stereocenters. The SMILES string of the molecule is CC(=O)OCCC(F)c1ccc(Br)cc1. The van der Waals surface area contributed by atoms with Gasteiger partial charge < -0.3 is 4.74 Å². The molecule has 0 amide bonds. The van der Waals surface area contributed by atoms with Crippen LogP contribution < -0.4 is 0 Å². The first-order valence-corrected chi connectivity index (χ1v) is 5.42. The number of hydrogen-bond acceptors (Lipinski definition) is 2. The molecule has 0 aromatic heterocycles. The van der Waals surface area contributed by atoms with E-state index in [0.717, 1.165) is 4.47 Å². The smallest absolute Gasteiger partial charge is 0.302 e. The summed E-state index contributed by atoms with van der Waals surface area (Å²) in [5.41, 5.74) is 0.602. The summed E-state index contributed by atoms with van der Waals surface area (Å²) in [5, 5.41) is 0. The third-order valence-electron chi connectivity index (χ3n) is 1.91. The molecule has 0 bridgehead atoms. The Hall–Kier alpha value is -0.900. The third-order valence-corrected chi connectivity index (χ3v) is 2.44. The highest BCUT2D eigenvalue weighted by Crippen LogP contribution is 2.22. The minimum atomic E-state index is -1.09. The second-order valence-corrected chi connectivity index (χ2v) is 4.06. The molecule has 1 aromatic rings. The van der Waals surface area contributed by atoms with Gasteiger partial charge in [-0.25, -0.2) is 4.39 Å². The van der Waals surface area contributed by atoms with Gasteiger partial charge in [-0.2, -0.15) is 0 Å². The van der Waals surface area contributed by atoms with Gasteiger partial charge in [0.05, 0.1) is 6.61 Å². The molecule has 0 aliphatic rings. The Kier molecular flexibility index (Phi) is 4.75. The zero-order valence-electron chi connectivity index (χ0n) is 8.37. The lowest BCUT2D eigenvalue weighted by Crippen LogP contribution is -2.03. The molecule has 1 unspecified atom stereocenters. The molecular formula is C11H12BrFO2. The van der Waals surface area contributed by atoms with Crippen molar-refractivity contribution in [3.05, 3.63) is 34.3 Å². The lowest BCUT2D eigenvalue weighted by Gasteiger charge is -2.08. The molecule has 0 spiro atoms. The second-order valence-electron chi connectivity index (χ2n) is 3.15. The molecule has 1 rings (SSSR count). The van der Waals surface area contributed by atoms with Crippen LogP contribution in [-0.2, 0) is 9.53 Å². The van der Waals surface area contributed by atoms with Gasteiger partial charge in [-0.3, -0.25) is 4.79 Å². The number of carbonyl (C=O) groups is 1. The molecule has 0 aliphatic heterocycles. The Morgan fingerprint density at radius 2 is 2.07 bits per heavy atom. The van der Waals surface area contributed by atoms with Crippen molar-refractivity contribution in [3.63, 3.8) is 0 Å². The fourth-order valence-electron chi connectivity index (χ4n) is 1.14. The van der Waals surface area contributed by atoms with Crippen LogP contribution in [0.5, 0.6) is 0 Å². The first-order valence-electron chi connectivity index (χ1n) is 4.62. The molecule has 82 valence electrons. The molecule has 15 heavy (non-hydrogen) atoms. The predicted molar refractivity (Wildman–Crippen MR) is 59.2 cm³/mol. The molecule has 0 fully saturated rings. The standard InChI is InChI=1S/C11H12BrFO2/c1-8(14)15-7-6-11(13)9-2-4-10(12)5-3-9/h2-5,11H,6-7H2,1H3. The van der Waals surface area contributed by atoms with Crippen molar-refractivity contribution in [3.8, 4) is 0 Å². The summed E-state index contributed by atoms with van der Waals surface area (Å²) >= 11 is 3.27. The van der Waals surface area contributed by atoms with E-state index in [1.165, 1.54) is 6.92 Å². The second kappa shape index (κ2) is 5.85. The van der Waals surface area contributed by atoms with E-state index in [2.05, 4.69) is 20.7 Å². The zero-order chi connectivity index (χ0) is 11.3. The van der Waals surface area contributed by atoms with Crippen LogP contribution in [0.1, 0.15) is 25.1 Å². The number of ether oxygens (including phenoxy) is 1. The lowest BCUT2D eigenvalue weighted by atomic mass is 10.1. The molecule has 0 heterocycles. The minimum absolute atomic E-state index is 0.118. The number of alkyl halides is 1. The molecule has 1 aromatic carbocycles. The van der Waals surface area contributed by atoms with Crippen LogP contribution in [0.3, 0.4) is 0 Å². The monoisotopic (exact) mass is 274 g/mol. The Balaban J connectivity index is 2.43. The number of halogens is 2. The quantitative estimate of drug-likeness (QED) is 0.787. The molecule has 0 N–H and O–H groups in total. The van der Waals surface area contributed by atoms with E-state index in [1.54, 1.807) is 24.3 Å². The Bertz CT molecular complexity index is 324. The number of benzene rings is 1. The van der Waals surface area contributed by atoms with Gasteiger partial charge in [0.25, 0.3) is 0 Å². The summed E-state index contributed by atoms with van der Waals surface area (Å²) < 4.78 is 19.1. The van der Waals surface area contributed by atoms with Crippen molar-refractivity contribution in [2.75, 3.05) is 6.61 Å². The van der Waals surface area contributed by atoms with Crippen molar-refractivity contribution in [2.24, 2.45) is 0 Å². The molecular weight excluding hydrogens is 263 g/mol. The summed E-state index contributed by atoms with van der Waals surface area (Å²) in [6.45, 7) is 1.43. The summed E-state index contributed by atoms with van der Waals surface area (Å²) in [6, 6.07) is 6.99. The van der Waals surface area contributed by atoms with Gasteiger partial charge in [0, 0.05) is 17.8 Å². The van der Waals surface area contributed by atoms with Crippen LogP contribution in [-0.4, -0.2) is 12.6 Å². The normalized spacial score (nSPS) is 12.2. The zero-order valence-corrected chi connectivity index (χ0v) is 9.96. The van der Waals surface area contributed by atoms with Crippen molar-refractivity contribution in [2.45, 2.75) is 19.5 Å².